The standard InChI is InChI=1S/C10H19BrN4O4S/c1-8(7-19-4)15(5-6-18-3)20(16,17)10-9(11)12-13-14(10)2/h8H,5-7H2,1-4H3. The van der Waals surface area contributed by atoms with E-state index in [4.69, 9.17) is 9.47 Å². The molecule has 20 heavy (non-hydrogen) atoms. The van der Waals surface area contributed by atoms with E-state index in [1.54, 1.807) is 6.92 Å². The minimum absolute atomic E-state index is 0.0107. The Morgan fingerprint density at radius 1 is 1.40 bits per heavy atom. The summed E-state index contributed by atoms with van der Waals surface area (Å²) in [4.78, 5) is 0. The van der Waals surface area contributed by atoms with Crippen LogP contribution in [0.1, 0.15) is 6.92 Å². The third-order valence-corrected chi connectivity index (χ3v) is 5.61. The second kappa shape index (κ2) is 7.46. The average Bonchev–Trinajstić information content (AvgIpc) is 2.70. The van der Waals surface area contributed by atoms with Gasteiger partial charge in [0.15, 0.2) is 4.60 Å². The molecule has 8 nitrogen and oxygen atoms in total. The van der Waals surface area contributed by atoms with Gasteiger partial charge in [0.05, 0.1) is 13.2 Å². The number of ether oxygens (including phenoxy) is 2. The molecule has 1 rings (SSSR count). The van der Waals surface area contributed by atoms with Crippen LogP contribution in [-0.4, -0.2) is 67.7 Å². The monoisotopic (exact) mass is 370 g/mol. The lowest BCUT2D eigenvalue weighted by Crippen LogP contribution is -2.43. The Bertz CT molecular complexity index is 514. The first-order valence-corrected chi connectivity index (χ1v) is 8.14. The molecule has 0 spiro atoms. The lowest BCUT2D eigenvalue weighted by Gasteiger charge is -2.27. The van der Waals surface area contributed by atoms with Gasteiger partial charge in [-0.15, -0.1) is 5.10 Å². The van der Waals surface area contributed by atoms with E-state index in [2.05, 4.69) is 26.2 Å². The topological polar surface area (TPSA) is 86.6 Å². The summed E-state index contributed by atoms with van der Waals surface area (Å²) in [7, 11) is 0.828. The maximum Gasteiger partial charge on any atom is 0.263 e. The summed E-state index contributed by atoms with van der Waals surface area (Å²) in [5.74, 6) is 0. The van der Waals surface area contributed by atoms with Crippen LogP contribution < -0.4 is 0 Å². The number of hydrogen-bond donors (Lipinski definition) is 0. The van der Waals surface area contributed by atoms with Gasteiger partial charge >= 0.3 is 0 Å². The van der Waals surface area contributed by atoms with Crippen LogP contribution in [0.2, 0.25) is 0 Å². The maximum atomic E-state index is 12.7. The highest BCUT2D eigenvalue weighted by Crippen LogP contribution is 2.23. The summed E-state index contributed by atoms with van der Waals surface area (Å²) in [6.45, 7) is 2.57. The molecule has 0 amide bonds. The highest BCUT2D eigenvalue weighted by Gasteiger charge is 2.33. The molecule has 0 saturated heterocycles. The Labute approximate surface area is 127 Å². The van der Waals surface area contributed by atoms with Gasteiger partial charge < -0.3 is 9.47 Å². The Hall–Kier alpha value is -0.550. The van der Waals surface area contributed by atoms with Crippen molar-refractivity contribution in [3.8, 4) is 0 Å². The molecule has 0 saturated carbocycles. The van der Waals surface area contributed by atoms with Gasteiger partial charge in [-0.1, -0.05) is 5.21 Å². The molecule has 1 unspecified atom stereocenters. The van der Waals surface area contributed by atoms with E-state index in [0.29, 0.717) is 0 Å². The molecule has 0 bridgehead atoms. The van der Waals surface area contributed by atoms with Crippen molar-refractivity contribution in [2.24, 2.45) is 7.05 Å². The summed E-state index contributed by atoms with van der Waals surface area (Å²) in [6, 6.07) is -0.332. The zero-order valence-corrected chi connectivity index (χ0v) is 14.3. The van der Waals surface area contributed by atoms with Crippen LogP contribution >= 0.6 is 15.9 Å². The summed E-state index contributed by atoms with van der Waals surface area (Å²) in [5, 5.41) is 7.42. The summed E-state index contributed by atoms with van der Waals surface area (Å²) in [6.07, 6.45) is 0. The minimum Gasteiger partial charge on any atom is -0.383 e. The normalized spacial score (nSPS) is 13.9. The molecule has 116 valence electrons. The van der Waals surface area contributed by atoms with Crippen molar-refractivity contribution in [1.29, 1.82) is 0 Å². The Morgan fingerprint density at radius 3 is 2.50 bits per heavy atom. The molecule has 1 heterocycles. The van der Waals surface area contributed by atoms with E-state index < -0.39 is 10.0 Å². The molecule has 0 radical (unpaired) electrons. The highest BCUT2D eigenvalue weighted by molar-refractivity contribution is 9.10. The van der Waals surface area contributed by atoms with Crippen molar-refractivity contribution in [3.63, 3.8) is 0 Å². The van der Waals surface area contributed by atoms with E-state index in [0.717, 1.165) is 0 Å². The summed E-state index contributed by atoms with van der Waals surface area (Å²) in [5.41, 5.74) is 0. The van der Waals surface area contributed by atoms with Gasteiger partial charge in [0.25, 0.3) is 10.0 Å². The largest absolute Gasteiger partial charge is 0.383 e. The first-order chi connectivity index (χ1) is 9.36. The average molecular weight is 371 g/mol. The van der Waals surface area contributed by atoms with Crippen molar-refractivity contribution in [1.82, 2.24) is 19.3 Å². The predicted molar refractivity (Wildman–Crippen MR) is 75.8 cm³/mol. The van der Waals surface area contributed by atoms with Crippen LogP contribution in [0.4, 0.5) is 0 Å². The van der Waals surface area contributed by atoms with Gasteiger partial charge in [0.1, 0.15) is 0 Å². The van der Waals surface area contributed by atoms with Gasteiger partial charge in [-0.25, -0.2) is 13.1 Å². The summed E-state index contributed by atoms with van der Waals surface area (Å²) >= 11 is 3.11. The van der Waals surface area contributed by atoms with Crippen molar-refractivity contribution in [3.05, 3.63) is 4.60 Å². The lowest BCUT2D eigenvalue weighted by molar-refractivity contribution is 0.118. The molecule has 0 fully saturated rings. The number of sulfonamides is 1. The molecule has 10 heteroatoms. The van der Waals surface area contributed by atoms with Crippen molar-refractivity contribution in [2.75, 3.05) is 34.0 Å². The number of aryl methyl sites for hydroxylation is 1. The molecule has 1 atom stereocenters. The van der Waals surface area contributed by atoms with Crippen LogP contribution in [0.3, 0.4) is 0 Å². The van der Waals surface area contributed by atoms with Crippen LogP contribution in [0.5, 0.6) is 0 Å². The number of rotatable bonds is 8. The van der Waals surface area contributed by atoms with E-state index in [1.165, 1.54) is 30.3 Å². The van der Waals surface area contributed by atoms with Gasteiger partial charge in [0, 0.05) is 33.9 Å². The molecule has 1 aromatic heterocycles. The minimum atomic E-state index is -3.75. The molecule has 1 aromatic rings. The predicted octanol–water partition coefficient (Wildman–Crippen LogP) is 0.250. The van der Waals surface area contributed by atoms with Gasteiger partial charge in [0.2, 0.25) is 5.03 Å². The first-order valence-electron chi connectivity index (χ1n) is 5.91. The van der Waals surface area contributed by atoms with E-state index >= 15 is 0 Å². The van der Waals surface area contributed by atoms with Crippen LogP contribution in [-0.2, 0) is 26.5 Å². The number of aromatic nitrogens is 3. The van der Waals surface area contributed by atoms with E-state index in [9.17, 15) is 8.42 Å². The van der Waals surface area contributed by atoms with Crippen molar-refractivity contribution >= 4 is 26.0 Å². The molecule has 0 aliphatic rings. The number of halogens is 1. The van der Waals surface area contributed by atoms with Crippen molar-refractivity contribution < 1.29 is 17.9 Å². The third kappa shape index (κ3) is 3.76. The molecular weight excluding hydrogens is 352 g/mol. The molecular formula is C10H19BrN4O4S. The Kier molecular flexibility index (Phi) is 6.52. The fraction of sp³-hybridized carbons (Fsp3) is 0.800. The van der Waals surface area contributed by atoms with Gasteiger partial charge in [-0.3, -0.25) is 0 Å². The Balaban J connectivity index is 3.17. The maximum absolute atomic E-state index is 12.7. The van der Waals surface area contributed by atoms with E-state index in [1.807, 2.05) is 0 Å². The number of methoxy groups -OCH3 is 2. The molecule has 0 aliphatic heterocycles. The fourth-order valence-electron chi connectivity index (χ4n) is 1.79. The van der Waals surface area contributed by atoms with Gasteiger partial charge in [-0.05, 0) is 22.9 Å². The van der Waals surface area contributed by atoms with Crippen LogP contribution in [0.25, 0.3) is 0 Å². The lowest BCUT2D eigenvalue weighted by atomic mass is 10.3. The zero-order valence-electron chi connectivity index (χ0n) is 11.9. The smallest absolute Gasteiger partial charge is 0.263 e. The molecule has 0 aromatic carbocycles. The third-order valence-electron chi connectivity index (χ3n) is 2.71. The summed E-state index contributed by atoms with van der Waals surface area (Å²) < 4.78 is 38.2. The van der Waals surface area contributed by atoms with Gasteiger partial charge in [-0.2, -0.15) is 4.31 Å². The molecule has 0 aliphatic carbocycles. The molecule has 0 N–H and O–H groups in total. The second-order valence-corrected chi connectivity index (χ2v) is 6.78. The first kappa shape index (κ1) is 17.5. The fourth-order valence-corrected chi connectivity index (χ4v) is 4.43. The van der Waals surface area contributed by atoms with Crippen LogP contribution in [0.15, 0.2) is 9.63 Å². The number of hydrogen-bond acceptors (Lipinski definition) is 6. The quantitative estimate of drug-likeness (QED) is 0.651. The highest BCUT2D eigenvalue weighted by atomic mass is 79.9. The zero-order chi connectivity index (χ0) is 15.3. The van der Waals surface area contributed by atoms with Crippen LogP contribution in [0, 0.1) is 0 Å². The Morgan fingerprint density at radius 2 is 2.05 bits per heavy atom. The van der Waals surface area contributed by atoms with Crippen molar-refractivity contribution in [2.45, 2.75) is 18.0 Å². The SMILES string of the molecule is COCCN(C(C)COC)S(=O)(=O)c1c(Br)nnn1C. The van der Waals surface area contributed by atoms with E-state index in [-0.39, 0.29) is 35.4 Å². The number of nitrogens with zero attached hydrogens (tertiary/aromatic N) is 4. The second-order valence-electron chi connectivity index (χ2n) is 4.22.